The number of hydrogen-bond acceptors (Lipinski definition) is 4. The molecule has 3 rings (SSSR count). The first-order valence-corrected chi connectivity index (χ1v) is 8.80. The van der Waals surface area contributed by atoms with Crippen LogP contribution in [0, 0.1) is 0 Å². The molecule has 2 aromatic carbocycles. The fourth-order valence-electron chi connectivity index (χ4n) is 2.55. The normalized spacial score (nSPS) is 10.8. The number of carboxylic acids is 1. The number of pyridine rings is 1. The summed E-state index contributed by atoms with van der Waals surface area (Å²) in [7, 11) is 0. The number of ether oxygens (including phenoxy) is 1. The highest BCUT2D eigenvalue weighted by molar-refractivity contribution is 7.98. The molecule has 1 N–H and O–H groups in total. The molecule has 0 aliphatic carbocycles. The van der Waals surface area contributed by atoms with Crippen molar-refractivity contribution in [3.05, 3.63) is 54.1 Å². The van der Waals surface area contributed by atoms with E-state index in [4.69, 9.17) is 4.74 Å². The Morgan fingerprint density at radius 1 is 1.17 bits per heavy atom. The number of benzene rings is 2. The van der Waals surface area contributed by atoms with Crippen LogP contribution in [0.1, 0.15) is 17.3 Å². The van der Waals surface area contributed by atoms with Gasteiger partial charge in [-0.15, -0.1) is 11.8 Å². The molecule has 0 saturated carbocycles. The molecule has 0 bridgehead atoms. The van der Waals surface area contributed by atoms with Crippen LogP contribution < -0.4 is 4.74 Å². The number of carboxylic acid groups (broad SMARTS) is 1. The van der Waals surface area contributed by atoms with E-state index in [0.29, 0.717) is 23.2 Å². The Morgan fingerprint density at radius 2 is 1.92 bits per heavy atom. The Morgan fingerprint density at radius 3 is 2.54 bits per heavy atom. The third kappa shape index (κ3) is 3.21. The van der Waals surface area contributed by atoms with Gasteiger partial charge in [0, 0.05) is 15.8 Å². The van der Waals surface area contributed by atoms with E-state index in [1.165, 1.54) is 0 Å². The molecule has 0 fully saturated rings. The van der Waals surface area contributed by atoms with Gasteiger partial charge in [-0.3, -0.25) is 0 Å². The zero-order valence-electron chi connectivity index (χ0n) is 13.4. The molecular weight excluding hydrogens is 322 g/mol. The molecule has 1 heterocycles. The van der Waals surface area contributed by atoms with Crippen LogP contribution in [0.4, 0.5) is 0 Å². The third-order valence-corrected chi connectivity index (χ3v) is 4.43. The number of aromatic carboxylic acids is 1. The van der Waals surface area contributed by atoms with Crippen molar-refractivity contribution >= 4 is 28.6 Å². The Kier molecular flexibility index (Phi) is 4.71. The Balaban J connectivity index is 2.14. The quantitative estimate of drug-likeness (QED) is 0.682. The maximum Gasteiger partial charge on any atom is 0.336 e. The molecule has 1 aromatic heterocycles. The zero-order valence-corrected chi connectivity index (χ0v) is 14.3. The monoisotopic (exact) mass is 339 g/mol. The smallest absolute Gasteiger partial charge is 0.336 e. The van der Waals surface area contributed by atoms with Crippen LogP contribution in [0.3, 0.4) is 0 Å². The second-order valence-corrected chi connectivity index (χ2v) is 6.08. The minimum atomic E-state index is -0.952. The average Bonchev–Trinajstić information content (AvgIpc) is 2.61. The van der Waals surface area contributed by atoms with Gasteiger partial charge in [-0.05, 0) is 55.6 Å². The lowest BCUT2D eigenvalue weighted by atomic mass is 10.0. The largest absolute Gasteiger partial charge is 0.494 e. The van der Waals surface area contributed by atoms with Crippen LogP contribution in [-0.2, 0) is 0 Å². The Bertz CT molecular complexity index is 891. The number of thioether (sulfide) groups is 1. The van der Waals surface area contributed by atoms with E-state index in [2.05, 4.69) is 4.98 Å². The predicted octanol–water partition coefficient (Wildman–Crippen LogP) is 4.72. The number of carbonyl (C=O) groups is 1. The molecule has 0 saturated heterocycles. The van der Waals surface area contributed by atoms with E-state index in [0.717, 1.165) is 16.2 Å². The summed E-state index contributed by atoms with van der Waals surface area (Å²) in [4.78, 5) is 17.3. The van der Waals surface area contributed by atoms with Gasteiger partial charge in [-0.25, -0.2) is 9.78 Å². The van der Waals surface area contributed by atoms with Crippen molar-refractivity contribution in [2.24, 2.45) is 0 Å². The van der Waals surface area contributed by atoms with Gasteiger partial charge in [-0.2, -0.15) is 0 Å². The van der Waals surface area contributed by atoms with Crippen LogP contribution in [0.25, 0.3) is 22.2 Å². The summed E-state index contributed by atoms with van der Waals surface area (Å²) in [5.41, 5.74) is 2.45. The molecule has 0 aliphatic rings. The number of nitrogens with zero attached hydrogens (tertiary/aromatic N) is 1. The fourth-order valence-corrected chi connectivity index (χ4v) is 2.98. The fraction of sp³-hybridized carbons (Fsp3) is 0.158. The number of aromatic nitrogens is 1. The van der Waals surface area contributed by atoms with Crippen LogP contribution in [0.5, 0.6) is 5.75 Å². The highest BCUT2D eigenvalue weighted by atomic mass is 32.2. The number of rotatable bonds is 5. The van der Waals surface area contributed by atoms with Crippen molar-refractivity contribution in [3.63, 3.8) is 0 Å². The van der Waals surface area contributed by atoms with Crippen molar-refractivity contribution in [1.82, 2.24) is 4.98 Å². The average molecular weight is 339 g/mol. The van der Waals surface area contributed by atoms with Crippen molar-refractivity contribution in [1.29, 1.82) is 0 Å². The standard InChI is InChI=1S/C19H17NO3S/c1-3-23-13-6-4-12(5-7-13)17-11-16(19(21)22)15-9-8-14(24-2)10-18(15)20-17/h4-11H,3H2,1-2H3,(H,21,22). The lowest BCUT2D eigenvalue weighted by Gasteiger charge is -2.09. The van der Waals surface area contributed by atoms with Crippen molar-refractivity contribution in [3.8, 4) is 17.0 Å². The van der Waals surface area contributed by atoms with E-state index >= 15 is 0 Å². The Hall–Kier alpha value is -2.53. The highest BCUT2D eigenvalue weighted by Crippen LogP contribution is 2.28. The molecule has 0 amide bonds. The molecule has 0 unspecified atom stereocenters. The van der Waals surface area contributed by atoms with Gasteiger partial charge in [-0.1, -0.05) is 6.07 Å². The summed E-state index contributed by atoms with van der Waals surface area (Å²) >= 11 is 1.60. The first-order valence-electron chi connectivity index (χ1n) is 7.57. The molecule has 0 atom stereocenters. The molecule has 4 nitrogen and oxygen atoms in total. The minimum Gasteiger partial charge on any atom is -0.494 e. The summed E-state index contributed by atoms with van der Waals surface area (Å²) < 4.78 is 5.44. The Labute approximate surface area is 144 Å². The van der Waals surface area contributed by atoms with Crippen molar-refractivity contribution < 1.29 is 14.6 Å². The summed E-state index contributed by atoms with van der Waals surface area (Å²) in [5, 5.41) is 10.2. The summed E-state index contributed by atoms with van der Waals surface area (Å²) in [6, 6.07) is 14.8. The molecule has 3 aromatic rings. The van der Waals surface area contributed by atoms with Crippen LogP contribution in [-0.4, -0.2) is 28.9 Å². The van der Waals surface area contributed by atoms with E-state index in [9.17, 15) is 9.90 Å². The summed E-state index contributed by atoms with van der Waals surface area (Å²) in [5.74, 6) is -0.170. The lowest BCUT2D eigenvalue weighted by Crippen LogP contribution is -2.00. The second kappa shape index (κ2) is 6.93. The van der Waals surface area contributed by atoms with Gasteiger partial charge in [0.15, 0.2) is 0 Å². The topological polar surface area (TPSA) is 59.4 Å². The van der Waals surface area contributed by atoms with Gasteiger partial charge in [0.05, 0.1) is 23.4 Å². The minimum absolute atomic E-state index is 0.261. The van der Waals surface area contributed by atoms with Crippen molar-refractivity contribution in [2.45, 2.75) is 11.8 Å². The molecule has 5 heteroatoms. The van der Waals surface area contributed by atoms with E-state index in [1.807, 2.05) is 55.6 Å². The second-order valence-electron chi connectivity index (χ2n) is 5.20. The summed E-state index contributed by atoms with van der Waals surface area (Å²) in [6.45, 7) is 2.54. The van der Waals surface area contributed by atoms with E-state index in [1.54, 1.807) is 17.8 Å². The summed E-state index contributed by atoms with van der Waals surface area (Å²) in [6.07, 6.45) is 1.98. The molecule has 122 valence electrons. The maximum atomic E-state index is 11.6. The van der Waals surface area contributed by atoms with Crippen LogP contribution in [0.2, 0.25) is 0 Å². The first-order chi connectivity index (χ1) is 11.6. The van der Waals surface area contributed by atoms with Crippen LogP contribution >= 0.6 is 11.8 Å². The van der Waals surface area contributed by atoms with Gasteiger partial charge >= 0.3 is 5.97 Å². The van der Waals surface area contributed by atoms with E-state index in [-0.39, 0.29) is 5.56 Å². The van der Waals surface area contributed by atoms with Crippen LogP contribution in [0.15, 0.2) is 53.4 Å². The highest BCUT2D eigenvalue weighted by Gasteiger charge is 2.13. The molecule has 24 heavy (non-hydrogen) atoms. The van der Waals surface area contributed by atoms with Crippen molar-refractivity contribution in [2.75, 3.05) is 12.9 Å². The molecular formula is C19H17NO3S. The molecule has 0 radical (unpaired) electrons. The predicted molar refractivity (Wildman–Crippen MR) is 97.1 cm³/mol. The van der Waals surface area contributed by atoms with Gasteiger partial charge in [0.2, 0.25) is 0 Å². The number of hydrogen-bond donors (Lipinski definition) is 1. The third-order valence-electron chi connectivity index (χ3n) is 3.71. The van der Waals surface area contributed by atoms with Gasteiger partial charge in [0.1, 0.15) is 5.75 Å². The molecule has 0 spiro atoms. The lowest BCUT2D eigenvalue weighted by molar-refractivity contribution is 0.0699. The maximum absolute atomic E-state index is 11.6. The zero-order chi connectivity index (χ0) is 17.1. The van der Waals surface area contributed by atoms with Gasteiger partial charge in [0.25, 0.3) is 0 Å². The molecule has 0 aliphatic heterocycles. The SMILES string of the molecule is CCOc1ccc(-c2cc(C(=O)O)c3ccc(SC)cc3n2)cc1. The van der Waals surface area contributed by atoms with E-state index < -0.39 is 5.97 Å². The van der Waals surface area contributed by atoms with Gasteiger partial charge < -0.3 is 9.84 Å². The number of fused-ring (bicyclic) bond motifs is 1. The first kappa shape index (κ1) is 16.3.